The average molecular weight is 264 g/mol. The zero-order valence-corrected chi connectivity index (χ0v) is 10.9. The molecule has 0 radical (unpaired) electrons. The molecular formula is C11H22BrNO. The number of ether oxygens (including phenoxy) is 1. The maximum Gasteiger partial charge on any atom is 0.0600 e. The van der Waals surface area contributed by atoms with E-state index in [1.54, 1.807) is 7.11 Å². The van der Waals surface area contributed by atoms with Crippen molar-refractivity contribution in [3.05, 3.63) is 0 Å². The van der Waals surface area contributed by atoms with Crippen LogP contribution in [-0.2, 0) is 4.74 Å². The smallest absolute Gasteiger partial charge is 0.0600 e. The Labute approximate surface area is 96.1 Å². The Hall–Kier alpha value is 0.400. The zero-order valence-electron chi connectivity index (χ0n) is 9.34. The fourth-order valence-electron chi connectivity index (χ4n) is 2.22. The van der Waals surface area contributed by atoms with Crippen molar-refractivity contribution in [1.82, 2.24) is 4.90 Å². The van der Waals surface area contributed by atoms with Gasteiger partial charge in [0, 0.05) is 19.7 Å². The van der Waals surface area contributed by atoms with Crippen molar-refractivity contribution >= 4 is 15.9 Å². The van der Waals surface area contributed by atoms with Crippen LogP contribution in [0.5, 0.6) is 0 Å². The molecule has 0 aromatic carbocycles. The lowest BCUT2D eigenvalue weighted by molar-refractivity contribution is 0.156. The molecule has 14 heavy (non-hydrogen) atoms. The Morgan fingerprint density at radius 1 is 1.36 bits per heavy atom. The molecule has 0 bridgehead atoms. The van der Waals surface area contributed by atoms with Gasteiger partial charge in [0.1, 0.15) is 0 Å². The third kappa shape index (κ3) is 4.28. The number of rotatable bonds is 5. The van der Waals surface area contributed by atoms with Gasteiger partial charge in [-0.1, -0.05) is 35.2 Å². The molecule has 1 saturated carbocycles. The summed E-state index contributed by atoms with van der Waals surface area (Å²) in [6, 6.07) is 0.806. The van der Waals surface area contributed by atoms with E-state index in [-0.39, 0.29) is 0 Å². The van der Waals surface area contributed by atoms with Crippen LogP contribution in [0.15, 0.2) is 0 Å². The molecule has 0 N–H and O–H groups in total. The standard InChI is InChI=1S/C11H22BrNO/c1-13(8-10(12)9-14-2)11-6-4-3-5-7-11/h10-11H,3-9H2,1-2H3. The van der Waals surface area contributed by atoms with E-state index < -0.39 is 0 Å². The fraction of sp³-hybridized carbons (Fsp3) is 1.00. The lowest BCUT2D eigenvalue weighted by atomic mass is 9.94. The SMILES string of the molecule is COCC(Br)CN(C)C1CCCCC1. The van der Waals surface area contributed by atoms with Gasteiger partial charge in [0.15, 0.2) is 0 Å². The number of alkyl halides is 1. The second-order valence-corrected chi connectivity index (χ2v) is 5.58. The van der Waals surface area contributed by atoms with E-state index in [1.165, 1.54) is 32.1 Å². The van der Waals surface area contributed by atoms with Crippen LogP contribution in [0.25, 0.3) is 0 Å². The highest BCUT2D eigenvalue weighted by atomic mass is 79.9. The van der Waals surface area contributed by atoms with Crippen molar-refractivity contribution in [3.8, 4) is 0 Å². The molecule has 0 heterocycles. The minimum absolute atomic E-state index is 0.472. The van der Waals surface area contributed by atoms with Gasteiger partial charge in [-0.15, -0.1) is 0 Å². The van der Waals surface area contributed by atoms with Crippen LogP contribution in [0.4, 0.5) is 0 Å². The lowest BCUT2D eigenvalue weighted by Gasteiger charge is -2.32. The van der Waals surface area contributed by atoms with Crippen molar-refractivity contribution in [2.45, 2.75) is 43.0 Å². The third-order valence-electron chi connectivity index (χ3n) is 3.03. The minimum atomic E-state index is 0.472. The first-order chi connectivity index (χ1) is 6.74. The molecule has 1 unspecified atom stereocenters. The molecule has 2 nitrogen and oxygen atoms in total. The monoisotopic (exact) mass is 263 g/mol. The Balaban J connectivity index is 2.21. The van der Waals surface area contributed by atoms with E-state index >= 15 is 0 Å². The summed E-state index contributed by atoms with van der Waals surface area (Å²) in [5, 5.41) is 0. The lowest BCUT2D eigenvalue weighted by Crippen LogP contribution is -2.38. The molecule has 0 aromatic rings. The highest BCUT2D eigenvalue weighted by Gasteiger charge is 2.19. The Bertz CT molecular complexity index is 148. The van der Waals surface area contributed by atoms with Gasteiger partial charge in [0.25, 0.3) is 0 Å². The van der Waals surface area contributed by atoms with Crippen LogP contribution in [0.1, 0.15) is 32.1 Å². The van der Waals surface area contributed by atoms with E-state index in [4.69, 9.17) is 4.74 Å². The molecule has 0 aliphatic heterocycles. The molecule has 1 atom stereocenters. The predicted molar refractivity (Wildman–Crippen MR) is 64.1 cm³/mol. The number of hydrogen-bond donors (Lipinski definition) is 0. The van der Waals surface area contributed by atoms with Crippen molar-refractivity contribution in [3.63, 3.8) is 0 Å². The normalized spacial score (nSPS) is 21.4. The maximum absolute atomic E-state index is 5.12. The summed E-state index contributed by atoms with van der Waals surface area (Å²) in [5.74, 6) is 0. The average Bonchev–Trinajstić information content (AvgIpc) is 2.19. The maximum atomic E-state index is 5.12. The summed E-state index contributed by atoms with van der Waals surface area (Å²) in [7, 11) is 3.99. The first kappa shape index (κ1) is 12.5. The van der Waals surface area contributed by atoms with Crippen molar-refractivity contribution in [1.29, 1.82) is 0 Å². The molecule has 0 amide bonds. The Morgan fingerprint density at radius 2 is 2.00 bits per heavy atom. The van der Waals surface area contributed by atoms with E-state index in [2.05, 4.69) is 27.9 Å². The molecule has 1 aliphatic rings. The summed E-state index contributed by atoms with van der Waals surface area (Å²) >= 11 is 3.64. The van der Waals surface area contributed by atoms with Gasteiger partial charge in [-0.3, -0.25) is 0 Å². The number of methoxy groups -OCH3 is 1. The fourth-order valence-corrected chi connectivity index (χ4v) is 2.94. The molecule has 1 aliphatic carbocycles. The molecular weight excluding hydrogens is 242 g/mol. The molecule has 0 aromatic heterocycles. The van der Waals surface area contributed by atoms with Gasteiger partial charge in [0.05, 0.1) is 11.4 Å². The summed E-state index contributed by atoms with van der Waals surface area (Å²) in [6.07, 6.45) is 7.00. The molecule has 3 heteroatoms. The summed E-state index contributed by atoms with van der Waals surface area (Å²) in [4.78, 5) is 2.96. The molecule has 1 rings (SSSR count). The van der Waals surface area contributed by atoms with Gasteiger partial charge >= 0.3 is 0 Å². The Morgan fingerprint density at radius 3 is 2.57 bits per heavy atom. The van der Waals surface area contributed by atoms with E-state index in [0.717, 1.165) is 19.2 Å². The van der Waals surface area contributed by atoms with Gasteiger partial charge in [0.2, 0.25) is 0 Å². The van der Waals surface area contributed by atoms with Gasteiger partial charge < -0.3 is 9.64 Å². The molecule has 1 fully saturated rings. The molecule has 84 valence electrons. The summed E-state index contributed by atoms with van der Waals surface area (Å²) in [5.41, 5.74) is 0. The predicted octanol–water partition coefficient (Wildman–Crippen LogP) is 2.66. The van der Waals surface area contributed by atoms with Gasteiger partial charge in [-0.25, -0.2) is 0 Å². The van der Waals surface area contributed by atoms with Crippen LogP contribution in [0.2, 0.25) is 0 Å². The van der Waals surface area contributed by atoms with E-state index in [9.17, 15) is 0 Å². The van der Waals surface area contributed by atoms with Crippen LogP contribution in [0.3, 0.4) is 0 Å². The second kappa shape index (κ2) is 6.81. The quantitative estimate of drug-likeness (QED) is 0.708. The Kier molecular flexibility index (Phi) is 6.06. The van der Waals surface area contributed by atoms with Crippen LogP contribution in [-0.4, -0.2) is 43.1 Å². The minimum Gasteiger partial charge on any atom is -0.383 e. The second-order valence-electron chi connectivity index (χ2n) is 4.28. The highest BCUT2D eigenvalue weighted by molar-refractivity contribution is 9.09. The topological polar surface area (TPSA) is 12.5 Å². The van der Waals surface area contributed by atoms with Crippen molar-refractivity contribution in [2.75, 3.05) is 27.3 Å². The molecule has 0 spiro atoms. The highest BCUT2D eigenvalue weighted by Crippen LogP contribution is 2.22. The van der Waals surface area contributed by atoms with Crippen molar-refractivity contribution < 1.29 is 4.74 Å². The largest absolute Gasteiger partial charge is 0.383 e. The van der Waals surface area contributed by atoms with Gasteiger partial charge in [-0.05, 0) is 19.9 Å². The van der Waals surface area contributed by atoms with Crippen molar-refractivity contribution in [2.24, 2.45) is 0 Å². The summed E-state index contributed by atoms with van der Waals surface area (Å²) < 4.78 is 5.12. The number of nitrogens with zero attached hydrogens (tertiary/aromatic N) is 1. The van der Waals surface area contributed by atoms with Gasteiger partial charge in [-0.2, -0.15) is 0 Å². The van der Waals surface area contributed by atoms with Crippen LogP contribution < -0.4 is 0 Å². The summed E-state index contributed by atoms with van der Waals surface area (Å²) in [6.45, 7) is 1.90. The van der Waals surface area contributed by atoms with Crippen LogP contribution in [0, 0.1) is 0 Å². The number of hydrogen-bond acceptors (Lipinski definition) is 2. The van der Waals surface area contributed by atoms with Crippen LogP contribution >= 0.6 is 15.9 Å². The third-order valence-corrected chi connectivity index (χ3v) is 3.59. The van der Waals surface area contributed by atoms with E-state index in [1.807, 2.05) is 0 Å². The first-order valence-corrected chi connectivity index (χ1v) is 6.49. The number of halogens is 1. The molecule has 0 saturated heterocycles. The first-order valence-electron chi connectivity index (χ1n) is 5.57. The zero-order chi connectivity index (χ0) is 10.4. The van der Waals surface area contributed by atoms with E-state index in [0.29, 0.717) is 4.83 Å².